The van der Waals surface area contributed by atoms with E-state index in [-0.39, 0.29) is 5.56 Å². The molecule has 0 spiro atoms. The molecule has 170 valence electrons. The summed E-state index contributed by atoms with van der Waals surface area (Å²) in [5.41, 5.74) is 1.68. The SMILES string of the molecule is CCCCCn1c2c(c(=O)n3c(CCc4noc(Cc5ccccc5)n4)nnc13)CC(Br)=N2. The normalized spacial score (nSPS) is 13.0. The zero-order valence-electron chi connectivity index (χ0n) is 18.4. The second-order valence-electron chi connectivity index (χ2n) is 8.15. The fraction of sp³-hybridized carbons (Fsp3) is 0.391. The second-order valence-corrected chi connectivity index (χ2v) is 9.06. The molecule has 1 aliphatic heterocycles. The molecule has 0 saturated carbocycles. The van der Waals surface area contributed by atoms with Crippen LogP contribution < -0.4 is 5.56 Å². The van der Waals surface area contributed by atoms with Crippen molar-refractivity contribution in [2.24, 2.45) is 4.99 Å². The topological polar surface area (TPSA) is 103 Å². The van der Waals surface area contributed by atoms with Crippen molar-refractivity contribution in [1.29, 1.82) is 0 Å². The van der Waals surface area contributed by atoms with E-state index in [0.717, 1.165) is 36.0 Å². The average Bonchev–Trinajstić information content (AvgIpc) is 3.54. The number of aromatic nitrogens is 6. The average molecular weight is 510 g/mol. The fourth-order valence-corrected chi connectivity index (χ4v) is 4.55. The molecule has 0 atom stereocenters. The van der Waals surface area contributed by atoms with Crippen molar-refractivity contribution >= 4 is 32.1 Å². The first kappa shape index (κ1) is 21.7. The Labute approximate surface area is 198 Å². The summed E-state index contributed by atoms with van der Waals surface area (Å²) < 4.78 is 9.81. The Bertz CT molecular complexity index is 1370. The first-order valence-electron chi connectivity index (χ1n) is 11.2. The number of benzene rings is 1. The molecule has 33 heavy (non-hydrogen) atoms. The van der Waals surface area contributed by atoms with Crippen LogP contribution >= 0.6 is 15.9 Å². The standard InChI is InChI=1S/C23H24BrN7O2/c1-2-3-7-12-30-21-16(14-17(24)25-21)22(32)31-19(27-28-23(30)31)11-10-18-26-20(33-29-18)13-15-8-5-4-6-9-15/h4-6,8-9H,2-3,7,10-14H2,1H3. The van der Waals surface area contributed by atoms with E-state index < -0.39 is 0 Å². The number of unbranched alkanes of at least 4 members (excludes halogenated alkanes) is 2. The van der Waals surface area contributed by atoms with Gasteiger partial charge in [-0.15, -0.1) is 10.2 Å². The summed E-state index contributed by atoms with van der Waals surface area (Å²) in [6.45, 7) is 2.91. The lowest BCUT2D eigenvalue weighted by Gasteiger charge is -2.12. The van der Waals surface area contributed by atoms with E-state index in [1.54, 1.807) is 4.40 Å². The predicted octanol–water partition coefficient (Wildman–Crippen LogP) is 3.82. The van der Waals surface area contributed by atoms with Crippen molar-refractivity contribution in [1.82, 2.24) is 29.3 Å². The summed E-state index contributed by atoms with van der Waals surface area (Å²) in [5.74, 6) is 2.99. The van der Waals surface area contributed by atoms with Crippen molar-refractivity contribution in [2.45, 2.75) is 58.4 Å². The van der Waals surface area contributed by atoms with Crippen molar-refractivity contribution in [3.8, 4) is 0 Å². The Hall–Kier alpha value is -3.14. The Balaban J connectivity index is 1.39. The maximum Gasteiger partial charge on any atom is 0.266 e. The minimum atomic E-state index is -0.108. The highest BCUT2D eigenvalue weighted by atomic mass is 79.9. The smallest absolute Gasteiger partial charge is 0.266 e. The molecule has 0 saturated heterocycles. The Morgan fingerprint density at radius 1 is 1.12 bits per heavy atom. The second kappa shape index (κ2) is 9.38. The molecule has 4 heterocycles. The lowest BCUT2D eigenvalue weighted by molar-refractivity contribution is 0.379. The first-order chi connectivity index (χ1) is 16.1. The van der Waals surface area contributed by atoms with Gasteiger partial charge in [0, 0.05) is 25.8 Å². The van der Waals surface area contributed by atoms with Gasteiger partial charge in [0.25, 0.3) is 5.56 Å². The monoisotopic (exact) mass is 509 g/mol. The molecule has 10 heteroatoms. The molecule has 1 aliphatic rings. The molecule has 0 N–H and O–H groups in total. The van der Waals surface area contributed by atoms with Gasteiger partial charge in [0.2, 0.25) is 11.7 Å². The molecule has 5 rings (SSSR count). The van der Waals surface area contributed by atoms with Crippen LogP contribution in [0.25, 0.3) is 5.78 Å². The van der Waals surface area contributed by atoms with Gasteiger partial charge in [-0.2, -0.15) is 4.98 Å². The van der Waals surface area contributed by atoms with E-state index in [9.17, 15) is 4.79 Å². The van der Waals surface area contributed by atoms with Gasteiger partial charge in [-0.1, -0.05) is 55.3 Å². The van der Waals surface area contributed by atoms with Gasteiger partial charge in [0.1, 0.15) is 11.6 Å². The van der Waals surface area contributed by atoms with Gasteiger partial charge < -0.3 is 4.52 Å². The quantitative estimate of drug-likeness (QED) is 0.317. The number of nitrogens with zero attached hydrogens (tertiary/aromatic N) is 7. The number of halogens is 1. The number of fused-ring (bicyclic) bond motifs is 2. The zero-order valence-corrected chi connectivity index (χ0v) is 20.0. The van der Waals surface area contributed by atoms with Crippen LogP contribution in [0.3, 0.4) is 0 Å². The van der Waals surface area contributed by atoms with Crippen molar-refractivity contribution in [3.05, 3.63) is 69.4 Å². The van der Waals surface area contributed by atoms with E-state index in [1.165, 1.54) is 0 Å². The van der Waals surface area contributed by atoms with Crippen molar-refractivity contribution < 1.29 is 4.52 Å². The zero-order chi connectivity index (χ0) is 22.8. The van der Waals surface area contributed by atoms with Gasteiger partial charge in [-0.05, 0) is 27.9 Å². The largest absolute Gasteiger partial charge is 0.339 e. The summed E-state index contributed by atoms with van der Waals surface area (Å²) in [6, 6.07) is 10.00. The van der Waals surface area contributed by atoms with Crippen LogP contribution in [0.1, 0.15) is 54.9 Å². The Morgan fingerprint density at radius 3 is 2.79 bits per heavy atom. The van der Waals surface area contributed by atoms with Crippen LogP contribution in [0.5, 0.6) is 0 Å². The Kier molecular flexibility index (Phi) is 6.17. The van der Waals surface area contributed by atoms with Gasteiger partial charge in [0.15, 0.2) is 5.82 Å². The van der Waals surface area contributed by atoms with Gasteiger partial charge in [-0.3, -0.25) is 9.36 Å². The van der Waals surface area contributed by atoms with E-state index in [0.29, 0.717) is 60.4 Å². The van der Waals surface area contributed by atoms with E-state index in [1.807, 2.05) is 34.9 Å². The highest BCUT2D eigenvalue weighted by molar-refractivity contribution is 9.18. The van der Waals surface area contributed by atoms with E-state index in [4.69, 9.17) is 4.52 Å². The minimum Gasteiger partial charge on any atom is -0.339 e. The third kappa shape index (κ3) is 4.39. The minimum absolute atomic E-state index is 0.108. The third-order valence-corrected chi connectivity index (χ3v) is 6.21. The van der Waals surface area contributed by atoms with Crippen LogP contribution in [0.15, 0.2) is 44.6 Å². The highest BCUT2D eigenvalue weighted by Crippen LogP contribution is 2.28. The molecule has 3 aromatic heterocycles. The van der Waals surface area contributed by atoms with Gasteiger partial charge >= 0.3 is 0 Å². The summed E-state index contributed by atoms with van der Waals surface area (Å²) in [7, 11) is 0. The molecule has 0 bridgehead atoms. The molecular formula is C23H24BrN7O2. The van der Waals surface area contributed by atoms with Crippen LogP contribution in [-0.2, 0) is 32.2 Å². The van der Waals surface area contributed by atoms with Crippen LogP contribution in [0, 0.1) is 0 Å². The van der Waals surface area contributed by atoms with E-state index in [2.05, 4.69) is 48.2 Å². The van der Waals surface area contributed by atoms with E-state index >= 15 is 0 Å². The summed E-state index contributed by atoms with van der Waals surface area (Å²) in [6.07, 6.45) is 5.27. The Morgan fingerprint density at radius 2 is 1.97 bits per heavy atom. The summed E-state index contributed by atoms with van der Waals surface area (Å²) in [4.78, 5) is 22.3. The molecule has 0 fully saturated rings. The summed E-state index contributed by atoms with van der Waals surface area (Å²) >= 11 is 3.46. The van der Waals surface area contributed by atoms with Gasteiger partial charge in [0.05, 0.1) is 16.6 Å². The molecule has 0 unspecified atom stereocenters. The lowest BCUT2D eigenvalue weighted by Crippen LogP contribution is -2.24. The molecule has 9 nitrogen and oxygen atoms in total. The lowest BCUT2D eigenvalue weighted by atomic mass is 10.1. The molecule has 0 radical (unpaired) electrons. The summed E-state index contributed by atoms with van der Waals surface area (Å²) in [5, 5.41) is 12.8. The molecular weight excluding hydrogens is 486 g/mol. The van der Waals surface area contributed by atoms with Crippen LogP contribution in [-0.4, -0.2) is 33.9 Å². The van der Waals surface area contributed by atoms with Crippen molar-refractivity contribution in [3.63, 3.8) is 0 Å². The number of hydrogen-bond acceptors (Lipinski definition) is 7. The maximum atomic E-state index is 13.3. The fourth-order valence-electron chi connectivity index (χ4n) is 4.11. The van der Waals surface area contributed by atoms with Crippen LogP contribution in [0.2, 0.25) is 0 Å². The third-order valence-electron chi connectivity index (χ3n) is 5.76. The van der Waals surface area contributed by atoms with Gasteiger partial charge in [-0.25, -0.2) is 9.39 Å². The van der Waals surface area contributed by atoms with Crippen molar-refractivity contribution in [2.75, 3.05) is 0 Å². The number of aryl methyl sites for hydroxylation is 3. The maximum absolute atomic E-state index is 13.3. The number of hydrogen-bond donors (Lipinski definition) is 0. The molecule has 0 aliphatic carbocycles. The first-order valence-corrected chi connectivity index (χ1v) is 12.0. The molecule has 1 aromatic carbocycles. The van der Waals surface area contributed by atoms with Crippen LogP contribution in [0.4, 0.5) is 5.82 Å². The number of aliphatic imine (C=N–C) groups is 1. The molecule has 0 amide bonds. The number of rotatable bonds is 9. The predicted molar refractivity (Wildman–Crippen MR) is 127 cm³/mol. The highest BCUT2D eigenvalue weighted by Gasteiger charge is 2.25. The molecule has 4 aromatic rings.